The summed E-state index contributed by atoms with van der Waals surface area (Å²) >= 11 is 1.49. The van der Waals surface area contributed by atoms with Crippen molar-refractivity contribution in [3.8, 4) is 0 Å². The molecule has 2 fully saturated rings. The predicted octanol–water partition coefficient (Wildman–Crippen LogP) is 3.11. The third-order valence-electron chi connectivity index (χ3n) is 4.97. The largest absolute Gasteiger partial charge is 0.446 e. The molecule has 0 radical (unpaired) electrons. The van der Waals surface area contributed by atoms with Crippen molar-refractivity contribution in [2.75, 3.05) is 23.9 Å². The smallest absolute Gasteiger partial charge is 0.414 e. The summed E-state index contributed by atoms with van der Waals surface area (Å²) in [6, 6.07) is 5.62. The Morgan fingerprint density at radius 3 is 3.00 bits per heavy atom. The summed E-state index contributed by atoms with van der Waals surface area (Å²) in [6.45, 7) is 0.635. The SMILES string of the molecule is CN(C(=O)O[C@H]1C[C@@H](c2cc(NC(=O)[C@H]3CCCO3)[nH]n2)C1)c1cccs1. The average molecular weight is 390 g/mol. The summed E-state index contributed by atoms with van der Waals surface area (Å²) in [4.78, 5) is 25.8. The van der Waals surface area contributed by atoms with Crippen molar-refractivity contribution in [3.63, 3.8) is 0 Å². The second kappa shape index (κ2) is 7.69. The standard InChI is InChI=1S/C18H22N4O4S/c1-22(16-5-3-7-27-16)18(24)26-12-8-11(9-12)13-10-15(21-20-13)19-17(23)14-4-2-6-25-14/h3,5,7,10-12,14H,2,4,6,8-9H2,1H3,(H2,19,20,21,23)/t11-,12+,14-/m1/s1. The van der Waals surface area contributed by atoms with E-state index in [1.165, 1.54) is 16.2 Å². The lowest BCUT2D eigenvalue weighted by atomic mass is 9.80. The normalized spacial score (nSPS) is 24.3. The van der Waals surface area contributed by atoms with Gasteiger partial charge in [0.05, 0.1) is 5.69 Å². The Hall–Kier alpha value is -2.39. The number of carbonyl (C=O) groups excluding carboxylic acids is 2. The summed E-state index contributed by atoms with van der Waals surface area (Å²) in [5, 5.41) is 12.7. The Labute approximate surface area is 160 Å². The molecule has 0 bridgehead atoms. The van der Waals surface area contributed by atoms with Crippen LogP contribution in [0.1, 0.15) is 37.3 Å². The van der Waals surface area contributed by atoms with Crippen LogP contribution in [0, 0.1) is 0 Å². The Kier molecular flexibility index (Phi) is 5.13. The van der Waals surface area contributed by atoms with Crippen molar-refractivity contribution >= 4 is 34.2 Å². The molecule has 27 heavy (non-hydrogen) atoms. The fourth-order valence-corrected chi connectivity index (χ4v) is 3.97. The van der Waals surface area contributed by atoms with Gasteiger partial charge in [0.1, 0.15) is 23.0 Å². The predicted molar refractivity (Wildman–Crippen MR) is 101 cm³/mol. The Bertz CT molecular complexity index is 794. The van der Waals surface area contributed by atoms with E-state index in [1.54, 1.807) is 7.05 Å². The molecule has 0 spiro atoms. The highest BCUT2D eigenvalue weighted by Crippen LogP contribution is 2.39. The minimum Gasteiger partial charge on any atom is -0.446 e. The lowest BCUT2D eigenvalue weighted by Gasteiger charge is -2.34. The molecule has 2 aliphatic rings. The molecule has 2 N–H and O–H groups in total. The zero-order valence-corrected chi connectivity index (χ0v) is 15.8. The molecule has 1 saturated carbocycles. The third kappa shape index (κ3) is 3.98. The molecule has 4 rings (SSSR count). The first kappa shape index (κ1) is 18.0. The highest BCUT2D eigenvalue weighted by Gasteiger charge is 2.36. The van der Waals surface area contributed by atoms with E-state index >= 15 is 0 Å². The first-order valence-electron chi connectivity index (χ1n) is 9.06. The molecule has 1 aliphatic carbocycles. The molecule has 0 unspecified atom stereocenters. The van der Waals surface area contributed by atoms with Gasteiger partial charge < -0.3 is 14.8 Å². The molecule has 1 saturated heterocycles. The van der Waals surface area contributed by atoms with E-state index in [0.717, 1.165) is 36.4 Å². The number of nitrogens with one attached hydrogen (secondary N) is 2. The van der Waals surface area contributed by atoms with Crippen molar-refractivity contribution in [3.05, 3.63) is 29.3 Å². The number of amides is 2. The van der Waals surface area contributed by atoms with Gasteiger partial charge in [0, 0.05) is 25.6 Å². The second-order valence-electron chi connectivity index (χ2n) is 6.88. The summed E-state index contributed by atoms with van der Waals surface area (Å²) in [6.07, 6.45) is 2.31. The number of hydrogen-bond donors (Lipinski definition) is 2. The number of nitrogens with zero attached hydrogens (tertiary/aromatic N) is 2. The number of H-pyrrole nitrogens is 1. The highest BCUT2D eigenvalue weighted by molar-refractivity contribution is 7.14. The first-order chi connectivity index (χ1) is 13.1. The van der Waals surface area contributed by atoms with E-state index in [-0.39, 0.29) is 30.1 Å². The van der Waals surface area contributed by atoms with Crippen molar-refractivity contribution in [1.29, 1.82) is 0 Å². The van der Waals surface area contributed by atoms with Crippen molar-refractivity contribution in [2.24, 2.45) is 0 Å². The van der Waals surface area contributed by atoms with Crippen LogP contribution in [0.4, 0.5) is 15.6 Å². The number of ether oxygens (including phenoxy) is 2. The molecule has 2 aromatic rings. The van der Waals surface area contributed by atoms with Gasteiger partial charge in [0.25, 0.3) is 5.91 Å². The van der Waals surface area contributed by atoms with Crippen LogP contribution < -0.4 is 10.2 Å². The number of aromatic nitrogens is 2. The van der Waals surface area contributed by atoms with E-state index in [9.17, 15) is 9.59 Å². The van der Waals surface area contributed by atoms with Gasteiger partial charge in [-0.15, -0.1) is 11.3 Å². The van der Waals surface area contributed by atoms with E-state index in [0.29, 0.717) is 12.4 Å². The summed E-state index contributed by atoms with van der Waals surface area (Å²) in [7, 11) is 1.71. The molecule has 144 valence electrons. The number of anilines is 2. The average Bonchev–Trinajstić information content (AvgIpc) is 3.39. The van der Waals surface area contributed by atoms with Crippen LogP contribution in [0.25, 0.3) is 0 Å². The van der Waals surface area contributed by atoms with Crippen LogP contribution >= 0.6 is 11.3 Å². The fraction of sp³-hybridized carbons (Fsp3) is 0.500. The number of aromatic amines is 1. The summed E-state index contributed by atoms with van der Waals surface area (Å²) in [5.74, 6) is 0.655. The Morgan fingerprint density at radius 2 is 2.30 bits per heavy atom. The number of rotatable bonds is 5. The van der Waals surface area contributed by atoms with E-state index < -0.39 is 0 Å². The molecule has 1 aliphatic heterocycles. The Balaban J connectivity index is 1.24. The summed E-state index contributed by atoms with van der Waals surface area (Å²) in [5.41, 5.74) is 0.872. The van der Waals surface area contributed by atoms with Gasteiger partial charge in [-0.2, -0.15) is 5.10 Å². The maximum absolute atomic E-state index is 12.2. The maximum Gasteiger partial charge on any atom is 0.414 e. The van der Waals surface area contributed by atoms with Crippen LogP contribution in [0.3, 0.4) is 0 Å². The van der Waals surface area contributed by atoms with Crippen LogP contribution in [0.5, 0.6) is 0 Å². The minimum absolute atomic E-state index is 0.105. The van der Waals surface area contributed by atoms with Gasteiger partial charge in [0.2, 0.25) is 0 Å². The zero-order valence-electron chi connectivity index (χ0n) is 15.0. The number of thiophene rings is 1. The second-order valence-corrected chi connectivity index (χ2v) is 7.81. The van der Waals surface area contributed by atoms with Crippen LogP contribution in [0.2, 0.25) is 0 Å². The number of hydrogen-bond acceptors (Lipinski definition) is 6. The summed E-state index contributed by atoms with van der Waals surface area (Å²) < 4.78 is 10.9. The first-order valence-corrected chi connectivity index (χ1v) is 9.93. The van der Waals surface area contributed by atoms with Crippen molar-refractivity contribution < 1.29 is 19.1 Å². The van der Waals surface area contributed by atoms with Gasteiger partial charge >= 0.3 is 6.09 Å². The van der Waals surface area contributed by atoms with E-state index in [4.69, 9.17) is 9.47 Å². The van der Waals surface area contributed by atoms with Crippen LogP contribution in [0.15, 0.2) is 23.6 Å². The molecular weight excluding hydrogens is 368 g/mol. The quantitative estimate of drug-likeness (QED) is 0.818. The Morgan fingerprint density at radius 1 is 1.44 bits per heavy atom. The monoisotopic (exact) mass is 390 g/mol. The highest BCUT2D eigenvalue weighted by atomic mass is 32.1. The van der Waals surface area contributed by atoms with Crippen molar-refractivity contribution in [1.82, 2.24) is 10.2 Å². The molecule has 0 aromatic carbocycles. The zero-order chi connectivity index (χ0) is 18.8. The maximum atomic E-state index is 12.2. The topological polar surface area (TPSA) is 96.5 Å². The number of carbonyl (C=O) groups is 2. The van der Waals surface area contributed by atoms with Crippen LogP contribution in [-0.4, -0.2) is 48.1 Å². The minimum atomic E-state index is -0.371. The van der Waals surface area contributed by atoms with Crippen molar-refractivity contribution in [2.45, 2.75) is 43.8 Å². The van der Waals surface area contributed by atoms with Gasteiger partial charge in [0.15, 0.2) is 0 Å². The fourth-order valence-electron chi connectivity index (χ4n) is 3.28. The molecule has 8 nitrogen and oxygen atoms in total. The molecule has 1 atom stereocenters. The molecule has 9 heteroatoms. The van der Waals surface area contributed by atoms with E-state index in [2.05, 4.69) is 15.5 Å². The van der Waals surface area contributed by atoms with Gasteiger partial charge in [-0.3, -0.25) is 14.8 Å². The lowest BCUT2D eigenvalue weighted by molar-refractivity contribution is -0.124. The van der Waals surface area contributed by atoms with Gasteiger partial charge in [-0.1, -0.05) is 0 Å². The molecule has 3 heterocycles. The van der Waals surface area contributed by atoms with E-state index in [1.807, 2.05) is 23.6 Å². The molecule has 2 amide bonds. The molecular formula is C18H22N4O4S. The van der Waals surface area contributed by atoms with Crippen LogP contribution in [-0.2, 0) is 14.3 Å². The molecule has 2 aromatic heterocycles. The van der Waals surface area contributed by atoms with Gasteiger partial charge in [-0.25, -0.2) is 4.79 Å². The van der Waals surface area contributed by atoms with Gasteiger partial charge in [-0.05, 0) is 43.2 Å². The third-order valence-corrected chi connectivity index (χ3v) is 5.91. The lowest BCUT2D eigenvalue weighted by Crippen LogP contribution is -2.37.